The van der Waals surface area contributed by atoms with Crippen molar-refractivity contribution in [1.82, 2.24) is 5.32 Å². The second-order valence-electron chi connectivity index (χ2n) is 5.10. The average Bonchev–Trinajstić information content (AvgIpc) is 2.37. The van der Waals surface area contributed by atoms with Crippen molar-refractivity contribution in [3.8, 4) is 5.75 Å². The molecule has 0 aliphatic rings. The first kappa shape index (κ1) is 16.9. The second kappa shape index (κ2) is 8.87. The SMILES string of the molecule is CC(C)COCCNC(C)c1cccc(OC(F)F)c1. The van der Waals surface area contributed by atoms with Gasteiger partial charge in [0.25, 0.3) is 0 Å². The minimum atomic E-state index is -2.79. The maximum atomic E-state index is 12.2. The zero-order valence-corrected chi connectivity index (χ0v) is 12.2. The molecule has 1 aromatic carbocycles. The molecule has 0 radical (unpaired) electrons. The number of ether oxygens (including phenoxy) is 2. The van der Waals surface area contributed by atoms with Crippen molar-refractivity contribution in [3.63, 3.8) is 0 Å². The Kier molecular flexibility index (Phi) is 7.47. The van der Waals surface area contributed by atoms with Gasteiger partial charge >= 0.3 is 6.61 Å². The van der Waals surface area contributed by atoms with Crippen molar-refractivity contribution in [3.05, 3.63) is 29.8 Å². The third kappa shape index (κ3) is 6.82. The molecule has 0 heterocycles. The van der Waals surface area contributed by atoms with E-state index in [1.165, 1.54) is 6.07 Å². The van der Waals surface area contributed by atoms with Gasteiger partial charge in [-0.3, -0.25) is 0 Å². The average molecular weight is 287 g/mol. The molecule has 0 saturated heterocycles. The van der Waals surface area contributed by atoms with Gasteiger partial charge in [0, 0.05) is 19.2 Å². The number of hydrogen-bond acceptors (Lipinski definition) is 3. The highest BCUT2D eigenvalue weighted by Gasteiger charge is 2.08. The fourth-order valence-corrected chi connectivity index (χ4v) is 1.74. The molecule has 1 unspecified atom stereocenters. The van der Waals surface area contributed by atoms with Crippen molar-refractivity contribution in [1.29, 1.82) is 0 Å². The van der Waals surface area contributed by atoms with E-state index in [4.69, 9.17) is 4.74 Å². The Morgan fingerprint density at radius 3 is 2.60 bits per heavy atom. The molecule has 0 amide bonds. The van der Waals surface area contributed by atoms with Gasteiger partial charge < -0.3 is 14.8 Å². The maximum Gasteiger partial charge on any atom is 0.387 e. The largest absolute Gasteiger partial charge is 0.435 e. The molecule has 0 saturated carbocycles. The second-order valence-corrected chi connectivity index (χ2v) is 5.10. The van der Waals surface area contributed by atoms with Crippen molar-refractivity contribution in [2.24, 2.45) is 5.92 Å². The molecule has 5 heteroatoms. The summed E-state index contributed by atoms with van der Waals surface area (Å²) in [6.45, 7) is 5.48. The molecule has 0 aliphatic carbocycles. The lowest BCUT2D eigenvalue weighted by Crippen LogP contribution is -2.24. The van der Waals surface area contributed by atoms with E-state index in [0.29, 0.717) is 19.1 Å². The predicted molar refractivity (Wildman–Crippen MR) is 75.1 cm³/mol. The highest BCUT2D eigenvalue weighted by molar-refractivity contribution is 5.30. The van der Waals surface area contributed by atoms with Gasteiger partial charge in [0.15, 0.2) is 0 Å². The van der Waals surface area contributed by atoms with Crippen LogP contribution in [0.25, 0.3) is 0 Å². The summed E-state index contributed by atoms with van der Waals surface area (Å²) in [6, 6.07) is 6.79. The zero-order chi connectivity index (χ0) is 15.0. The Morgan fingerprint density at radius 2 is 1.95 bits per heavy atom. The van der Waals surface area contributed by atoms with Gasteiger partial charge in [0.05, 0.1) is 6.61 Å². The summed E-state index contributed by atoms with van der Waals surface area (Å²) in [5, 5.41) is 3.29. The van der Waals surface area contributed by atoms with Crippen molar-refractivity contribution < 1.29 is 18.3 Å². The van der Waals surface area contributed by atoms with Crippen LogP contribution in [0.3, 0.4) is 0 Å². The Morgan fingerprint density at radius 1 is 1.20 bits per heavy atom. The van der Waals surface area contributed by atoms with Crippen LogP contribution in [-0.2, 0) is 4.74 Å². The summed E-state index contributed by atoms with van der Waals surface area (Å²) in [6.07, 6.45) is 0. The Hall–Kier alpha value is -1.20. The third-order valence-corrected chi connectivity index (χ3v) is 2.73. The standard InChI is InChI=1S/C15H23F2NO2/c1-11(2)10-19-8-7-18-12(3)13-5-4-6-14(9-13)20-15(16)17/h4-6,9,11-12,15,18H,7-8,10H2,1-3H3. The first-order chi connectivity index (χ1) is 9.49. The molecule has 20 heavy (non-hydrogen) atoms. The van der Waals surface area contributed by atoms with Gasteiger partial charge in [-0.25, -0.2) is 0 Å². The molecule has 0 aliphatic heterocycles. The van der Waals surface area contributed by atoms with E-state index < -0.39 is 6.61 Å². The van der Waals surface area contributed by atoms with Gasteiger partial charge in [-0.15, -0.1) is 0 Å². The first-order valence-electron chi connectivity index (χ1n) is 6.85. The van der Waals surface area contributed by atoms with Gasteiger partial charge in [-0.05, 0) is 30.5 Å². The lowest BCUT2D eigenvalue weighted by Gasteiger charge is -2.16. The minimum Gasteiger partial charge on any atom is -0.435 e. The quantitative estimate of drug-likeness (QED) is 0.704. The van der Waals surface area contributed by atoms with Crippen LogP contribution in [0, 0.1) is 5.92 Å². The summed E-state index contributed by atoms with van der Waals surface area (Å²) < 4.78 is 34.2. The molecule has 1 atom stereocenters. The number of nitrogens with one attached hydrogen (secondary N) is 1. The molecule has 0 aromatic heterocycles. The van der Waals surface area contributed by atoms with E-state index in [9.17, 15) is 8.78 Å². The van der Waals surface area contributed by atoms with E-state index in [-0.39, 0.29) is 11.8 Å². The Labute approximate surface area is 119 Å². The van der Waals surface area contributed by atoms with Gasteiger partial charge in [0.1, 0.15) is 5.75 Å². The predicted octanol–water partition coefficient (Wildman–Crippen LogP) is 3.61. The number of halogens is 2. The van der Waals surface area contributed by atoms with Crippen molar-refractivity contribution in [2.45, 2.75) is 33.4 Å². The highest BCUT2D eigenvalue weighted by atomic mass is 19.3. The van der Waals surface area contributed by atoms with Crippen LogP contribution < -0.4 is 10.1 Å². The lowest BCUT2D eigenvalue weighted by atomic mass is 10.1. The fraction of sp³-hybridized carbons (Fsp3) is 0.600. The summed E-state index contributed by atoms with van der Waals surface area (Å²) in [7, 11) is 0. The maximum absolute atomic E-state index is 12.2. The summed E-state index contributed by atoms with van der Waals surface area (Å²) in [4.78, 5) is 0. The number of hydrogen-bond donors (Lipinski definition) is 1. The minimum absolute atomic E-state index is 0.0545. The van der Waals surface area contributed by atoms with Crippen LogP contribution in [0.15, 0.2) is 24.3 Å². The molecule has 0 bridgehead atoms. The van der Waals surface area contributed by atoms with Gasteiger partial charge in [-0.2, -0.15) is 8.78 Å². The van der Waals surface area contributed by atoms with Crippen LogP contribution in [0.1, 0.15) is 32.4 Å². The Balaban J connectivity index is 2.37. The van der Waals surface area contributed by atoms with Crippen LogP contribution >= 0.6 is 0 Å². The molecule has 0 spiro atoms. The molecule has 3 nitrogen and oxygen atoms in total. The molecule has 1 rings (SSSR count). The normalized spacial score (nSPS) is 12.9. The molecule has 1 N–H and O–H groups in total. The molecular weight excluding hydrogens is 264 g/mol. The van der Waals surface area contributed by atoms with E-state index >= 15 is 0 Å². The fourth-order valence-electron chi connectivity index (χ4n) is 1.74. The van der Waals surface area contributed by atoms with E-state index in [0.717, 1.165) is 12.2 Å². The molecule has 1 aromatic rings. The third-order valence-electron chi connectivity index (χ3n) is 2.73. The summed E-state index contributed by atoms with van der Waals surface area (Å²) in [5.74, 6) is 0.706. The monoisotopic (exact) mass is 287 g/mol. The van der Waals surface area contributed by atoms with Crippen LogP contribution in [0.5, 0.6) is 5.75 Å². The highest BCUT2D eigenvalue weighted by Crippen LogP contribution is 2.20. The molecular formula is C15H23F2NO2. The van der Waals surface area contributed by atoms with Gasteiger partial charge in [0.2, 0.25) is 0 Å². The van der Waals surface area contributed by atoms with E-state index in [2.05, 4.69) is 23.9 Å². The number of rotatable bonds is 9. The first-order valence-corrected chi connectivity index (χ1v) is 6.85. The lowest BCUT2D eigenvalue weighted by molar-refractivity contribution is -0.0499. The molecule has 0 fully saturated rings. The van der Waals surface area contributed by atoms with Crippen LogP contribution in [-0.4, -0.2) is 26.4 Å². The summed E-state index contributed by atoms with van der Waals surface area (Å²) in [5.41, 5.74) is 0.909. The van der Waals surface area contributed by atoms with Crippen LogP contribution in [0.4, 0.5) is 8.78 Å². The van der Waals surface area contributed by atoms with Crippen LogP contribution in [0.2, 0.25) is 0 Å². The van der Waals surface area contributed by atoms with Crippen molar-refractivity contribution >= 4 is 0 Å². The number of alkyl halides is 2. The number of benzene rings is 1. The summed E-state index contributed by atoms with van der Waals surface area (Å²) >= 11 is 0. The Bertz CT molecular complexity index is 386. The smallest absolute Gasteiger partial charge is 0.387 e. The zero-order valence-electron chi connectivity index (χ0n) is 12.2. The van der Waals surface area contributed by atoms with Crippen molar-refractivity contribution in [2.75, 3.05) is 19.8 Å². The van der Waals surface area contributed by atoms with Gasteiger partial charge in [-0.1, -0.05) is 26.0 Å². The van der Waals surface area contributed by atoms with E-state index in [1.807, 2.05) is 13.0 Å². The van der Waals surface area contributed by atoms with E-state index in [1.54, 1.807) is 12.1 Å². The molecule has 114 valence electrons. The topological polar surface area (TPSA) is 30.5 Å².